The summed E-state index contributed by atoms with van der Waals surface area (Å²) in [6, 6.07) is -0.909. The summed E-state index contributed by atoms with van der Waals surface area (Å²) in [5, 5.41) is 8.33. The zero-order chi connectivity index (χ0) is 26.8. The van der Waals surface area contributed by atoms with Crippen LogP contribution in [0, 0.1) is 0 Å². The number of fused-ring (bicyclic) bond motifs is 1. The molecule has 13 nitrogen and oxygen atoms in total. The molecule has 0 saturated carbocycles. The fourth-order valence-electron chi connectivity index (χ4n) is 3.11. The van der Waals surface area contributed by atoms with Crippen LogP contribution in [-0.4, -0.2) is 79.3 Å². The lowest BCUT2D eigenvalue weighted by atomic mass is 10.0. The van der Waals surface area contributed by atoms with Crippen molar-refractivity contribution in [3.05, 3.63) is 17.6 Å². The highest BCUT2D eigenvalue weighted by Crippen LogP contribution is 2.38. The molecule has 1 saturated heterocycles. The first-order valence-corrected chi connectivity index (χ1v) is 12.7. The summed E-state index contributed by atoms with van der Waals surface area (Å²) in [4.78, 5) is 60.5. The van der Waals surface area contributed by atoms with Crippen LogP contribution >= 0.6 is 23.3 Å². The Hall–Kier alpha value is -3.20. The molecule has 1 aromatic heterocycles. The summed E-state index contributed by atoms with van der Waals surface area (Å²) in [6.07, 6.45) is 0.893. The minimum atomic E-state index is -0.909. The van der Waals surface area contributed by atoms with Gasteiger partial charge in [0.25, 0.3) is 11.8 Å². The second kappa shape index (κ2) is 10.4. The topological polar surface area (TPSA) is 161 Å². The molecule has 15 heteroatoms. The van der Waals surface area contributed by atoms with Gasteiger partial charge in [0.05, 0.1) is 0 Å². The lowest BCUT2D eigenvalue weighted by molar-refractivity contribution is -0.158. The first-order chi connectivity index (χ1) is 16.7. The molecule has 0 aliphatic carbocycles. The Balaban J connectivity index is 1.68. The van der Waals surface area contributed by atoms with Crippen LogP contribution in [0.3, 0.4) is 0 Å². The smallest absolute Gasteiger partial charge is 0.414 e. The summed E-state index contributed by atoms with van der Waals surface area (Å²) in [5.41, 5.74) is -1.57. The van der Waals surface area contributed by atoms with E-state index in [4.69, 9.17) is 14.3 Å². The second-order valence-electron chi connectivity index (χ2n) is 9.65. The molecule has 3 amide bonds. The largest absolute Gasteiger partial charge is 0.455 e. The number of esters is 1. The summed E-state index contributed by atoms with van der Waals surface area (Å²) >= 11 is 2.20. The summed E-state index contributed by atoms with van der Waals surface area (Å²) < 4.78 is 14.6. The molecule has 36 heavy (non-hydrogen) atoms. The molecular formula is C21H28N6O7S2. The van der Waals surface area contributed by atoms with E-state index in [0.29, 0.717) is 5.75 Å². The molecule has 1 fully saturated rings. The van der Waals surface area contributed by atoms with Crippen LogP contribution in [0.5, 0.6) is 0 Å². The van der Waals surface area contributed by atoms with Crippen LogP contribution in [0.4, 0.5) is 9.93 Å². The number of thioether (sulfide) groups is 1. The van der Waals surface area contributed by atoms with Crippen molar-refractivity contribution in [2.24, 2.45) is 5.16 Å². The lowest BCUT2D eigenvalue weighted by Gasteiger charge is -2.48. The normalized spacial score (nSPS) is 20.0. The third kappa shape index (κ3) is 6.51. The molecule has 3 heterocycles. The van der Waals surface area contributed by atoms with Crippen molar-refractivity contribution in [1.29, 1.82) is 0 Å². The summed E-state index contributed by atoms with van der Waals surface area (Å²) in [5.74, 6) is -1.48. The van der Waals surface area contributed by atoms with Crippen LogP contribution in [0.15, 0.2) is 16.9 Å². The highest BCUT2D eigenvalue weighted by Gasteiger charge is 2.53. The highest BCUT2D eigenvalue weighted by atomic mass is 32.2. The number of nitrogens with zero attached hydrogens (tertiary/aromatic N) is 4. The van der Waals surface area contributed by atoms with E-state index in [9.17, 15) is 19.2 Å². The molecular weight excluding hydrogens is 512 g/mol. The quantitative estimate of drug-likeness (QED) is 0.236. The first-order valence-electron chi connectivity index (χ1n) is 10.8. The van der Waals surface area contributed by atoms with Gasteiger partial charge in [0.15, 0.2) is 0 Å². The van der Waals surface area contributed by atoms with Crippen molar-refractivity contribution in [3.8, 4) is 0 Å². The Bertz CT molecular complexity index is 1120. The molecule has 0 radical (unpaired) electrons. The number of carbonyl (C=O) groups is 4. The van der Waals surface area contributed by atoms with Crippen LogP contribution < -0.4 is 10.6 Å². The van der Waals surface area contributed by atoms with Crippen LogP contribution in [0.25, 0.3) is 0 Å². The van der Waals surface area contributed by atoms with Crippen molar-refractivity contribution in [1.82, 2.24) is 19.6 Å². The van der Waals surface area contributed by atoms with Gasteiger partial charge in [-0.25, -0.2) is 9.59 Å². The molecule has 0 unspecified atom stereocenters. The molecule has 196 valence electrons. The maximum Gasteiger partial charge on any atom is 0.414 e. The van der Waals surface area contributed by atoms with E-state index < -0.39 is 46.5 Å². The predicted octanol–water partition coefficient (Wildman–Crippen LogP) is 1.86. The van der Waals surface area contributed by atoms with Crippen LogP contribution in [0.1, 0.15) is 47.4 Å². The third-order valence-corrected chi connectivity index (χ3v) is 6.20. The Morgan fingerprint density at radius 2 is 1.81 bits per heavy atom. The van der Waals surface area contributed by atoms with Crippen molar-refractivity contribution in [2.45, 2.75) is 64.2 Å². The van der Waals surface area contributed by atoms with Gasteiger partial charge in [-0.05, 0) is 47.6 Å². The number of nitrogens with one attached hydrogen (secondary N) is 2. The average Bonchev–Trinajstić information content (AvgIpc) is 3.20. The monoisotopic (exact) mass is 540 g/mol. The van der Waals surface area contributed by atoms with E-state index in [0.717, 1.165) is 11.5 Å². The fourth-order valence-corrected chi connectivity index (χ4v) is 4.86. The molecule has 2 atom stereocenters. The first kappa shape index (κ1) is 27.4. The maximum absolute atomic E-state index is 13.0. The Labute approximate surface area is 216 Å². The lowest BCUT2D eigenvalue weighted by Crippen LogP contribution is -2.70. The SMILES string of the molecule is CON=C(C(=O)N[C@@H]1C(=O)N2C(C(=O)OC(C)(C)C)=CCS[C@@H]12)c1nsc(NC(=O)OC(C)(C)C)n1. The zero-order valence-electron chi connectivity index (χ0n) is 20.9. The summed E-state index contributed by atoms with van der Waals surface area (Å²) in [7, 11) is 1.24. The van der Waals surface area contributed by atoms with Gasteiger partial charge in [0.2, 0.25) is 16.7 Å². The van der Waals surface area contributed by atoms with Crippen molar-refractivity contribution in [2.75, 3.05) is 18.2 Å². The number of rotatable bonds is 6. The molecule has 2 aliphatic rings. The van der Waals surface area contributed by atoms with Gasteiger partial charge in [-0.2, -0.15) is 9.36 Å². The minimum absolute atomic E-state index is 0.0803. The number of anilines is 1. The minimum Gasteiger partial charge on any atom is -0.455 e. The van der Waals surface area contributed by atoms with Crippen LogP contribution in [-0.2, 0) is 28.7 Å². The van der Waals surface area contributed by atoms with Gasteiger partial charge in [-0.3, -0.25) is 19.8 Å². The van der Waals surface area contributed by atoms with Crippen molar-refractivity contribution < 1.29 is 33.5 Å². The number of ether oxygens (including phenoxy) is 2. The number of oxime groups is 1. The van der Waals surface area contributed by atoms with Gasteiger partial charge in [0.1, 0.15) is 35.4 Å². The molecule has 1 aromatic rings. The van der Waals surface area contributed by atoms with Crippen molar-refractivity contribution >= 4 is 58.0 Å². The number of β-lactam (4-membered cyclic amide) rings is 1. The molecule has 0 aromatic carbocycles. The second-order valence-corrected chi connectivity index (χ2v) is 11.5. The molecule has 0 bridgehead atoms. The number of amides is 3. The van der Waals surface area contributed by atoms with E-state index >= 15 is 0 Å². The number of hydrogen-bond acceptors (Lipinski definition) is 12. The number of carbonyl (C=O) groups excluding carboxylic acids is 4. The van der Waals surface area contributed by atoms with Gasteiger partial charge in [-0.1, -0.05) is 5.16 Å². The molecule has 2 N–H and O–H groups in total. The third-order valence-electron chi connectivity index (χ3n) is 4.38. The van der Waals surface area contributed by atoms with E-state index in [-0.39, 0.29) is 22.4 Å². The Kier molecular flexibility index (Phi) is 7.93. The number of aromatic nitrogens is 2. The van der Waals surface area contributed by atoms with Gasteiger partial charge in [0, 0.05) is 17.3 Å². The maximum atomic E-state index is 13.0. The average molecular weight is 541 g/mol. The Morgan fingerprint density at radius 3 is 2.42 bits per heavy atom. The molecule has 0 spiro atoms. The van der Waals surface area contributed by atoms with Gasteiger partial charge < -0.3 is 19.6 Å². The standard InChI is InChI=1S/C21H28N6O7S2/c1-20(2,3)33-17(30)10-8-9-35-16-12(15(29)27(10)16)22-14(28)11(25-32-7)13-23-18(36-26-13)24-19(31)34-21(4,5)6/h8,12,16H,9H2,1-7H3,(H,22,28)(H,23,24,26,31)/t12-,16+/m1/s1. The fraction of sp³-hybridized carbons (Fsp3) is 0.571. The van der Waals surface area contributed by atoms with E-state index in [1.165, 1.54) is 23.8 Å². The predicted molar refractivity (Wildman–Crippen MR) is 132 cm³/mol. The highest BCUT2D eigenvalue weighted by molar-refractivity contribution is 8.00. The van der Waals surface area contributed by atoms with Crippen molar-refractivity contribution in [3.63, 3.8) is 0 Å². The van der Waals surface area contributed by atoms with E-state index in [1.54, 1.807) is 47.6 Å². The number of hydrogen-bond donors (Lipinski definition) is 2. The van der Waals surface area contributed by atoms with E-state index in [1.807, 2.05) is 0 Å². The molecule has 2 aliphatic heterocycles. The van der Waals surface area contributed by atoms with Crippen LogP contribution in [0.2, 0.25) is 0 Å². The van der Waals surface area contributed by atoms with Gasteiger partial charge >= 0.3 is 12.1 Å². The summed E-state index contributed by atoms with van der Waals surface area (Å²) in [6.45, 7) is 10.3. The van der Waals surface area contributed by atoms with Gasteiger partial charge in [-0.15, -0.1) is 11.8 Å². The molecule has 3 rings (SSSR count). The Morgan fingerprint density at radius 1 is 1.14 bits per heavy atom. The van der Waals surface area contributed by atoms with E-state index in [2.05, 4.69) is 25.1 Å². The zero-order valence-corrected chi connectivity index (χ0v) is 22.5.